The normalized spacial score (nSPS) is 19.5. The van der Waals surface area contributed by atoms with Crippen LogP contribution in [0, 0.1) is 12.8 Å². The first-order valence-corrected chi connectivity index (χ1v) is 9.39. The van der Waals surface area contributed by atoms with Gasteiger partial charge in [-0.1, -0.05) is 25.8 Å². The summed E-state index contributed by atoms with van der Waals surface area (Å²) in [5, 5.41) is 8.19. The summed E-state index contributed by atoms with van der Waals surface area (Å²) in [6.45, 7) is 5.41. The van der Waals surface area contributed by atoms with Crippen molar-refractivity contribution in [1.29, 1.82) is 0 Å². The van der Waals surface area contributed by atoms with Gasteiger partial charge < -0.3 is 16.0 Å². The Morgan fingerprint density at radius 1 is 1.00 bits per heavy atom. The van der Waals surface area contributed by atoms with Crippen LogP contribution in [0.1, 0.15) is 57.9 Å². The van der Waals surface area contributed by atoms with Gasteiger partial charge in [0.2, 0.25) is 5.91 Å². The van der Waals surface area contributed by atoms with E-state index in [9.17, 15) is 14.4 Å². The molecule has 0 aliphatic heterocycles. The van der Waals surface area contributed by atoms with E-state index in [0.717, 1.165) is 31.6 Å². The number of benzene rings is 1. The minimum absolute atomic E-state index is 0.0770. The van der Waals surface area contributed by atoms with E-state index in [0.29, 0.717) is 16.9 Å². The summed E-state index contributed by atoms with van der Waals surface area (Å²) in [6, 6.07) is 5.26. The van der Waals surface area contributed by atoms with Crippen LogP contribution in [0.25, 0.3) is 0 Å². The van der Waals surface area contributed by atoms with Crippen LogP contribution in [0.2, 0.25) is 0 Å². The predicted octanol–water partition coefficient (Wildman–Crippen LogP) is 3.37. The van der Waals surface area contributed by atoms with Gasteiger partial charge in [0.05, 0.1) is 0 Å². The molecule has 1 aromatic rings. The summed E-state index contributed by atoms with van der Waals surface area (Å²) in [4.78, 5) is 35.7. The fraction of sp³-hybridized carbons (Fsp3) is 0.550. The molecule has 142 valence electrons. The van der Waals surface area contributed by atoms with Gasteiger partial charge in [-0.25, -0.2) is 0 Å². The van der Waals surface area contributed by atoms with E-state index < -0.39 is 11.8 Å². The molecule has 2 rings (SSSR count). The minimum atomic E-state index is -0.677. The number of rotatable bonds is 5. The average Bonchev–Trinajstić information content (AvgIpc) is 2.60. The molecule has 26 heavy (non-hydrogen) atoms. The third-order valence-corrected chi connectivity index (χ3v) is 4.98. The van der Waals surface area contributed by atoms with E-state index >= 15 is 0 Å². The van der Waals surface area contributed by atoms with E-state index in [-0.39, 0.29) is 11.9 Å². The molecule has 6 heteroatoms. The number of amides is 3. The molecule has 0 heterocycles. The van der Waals surface area contributed by atoms with Gasteiger partial charge in [0.25, 0.3) is 0 Å². The Labute approximate surface area is 155 Å². The topological polar surface area (TPSA) is 87.3 Å². The maximum atomic E-state index is 12.2. The summed E-state index contributed by atoms with van der Waals surface area (Å²) in [5.74, 6) is -0.717. The first kappa shape index (κ1) is 19.9. The Kier molecular flexibility index (Phi) is 7.18. The highest BCUT2D eigenvalue weighted by molar-refractivity contribution is 6.39. The highest BCUT2D eigenvalue weighted by atomic mass is 16.2. The van der Waals surface area contributed by atoms with Crippen LogP contribution in [0.4, 0.5) is 11.4 Å². The van der Waals surface area contributed by atoms with E-state index in [1.165, 1.54) is 19.8 Å². The van der Waals surface area contributed by atoms with Crippen molar-refractivity contribution in [3.8, 4) is 0 Å². The van der Waals surface area contributed by atoms with Gasteiger partial charge in [-0.3, -0.25) is 14.4 Å². The quantitative estimate of drug-likeness (QED) is 0.705. The fourth-order valence-electron chi connectivity index (χ4n) is 3.53. The first-order chi connectivity index (χ1) is 12.4. The molecule has 0 bridgehead atoms. The molecule has 0 aromatic heterocycles. The molecule has 1 fully saturated rings. The second-order valence-electron chi connectivity index (χ2n) is 7.09. The van der Waals surface area contributed by atoms with Crippen molar-refractivity contribution in [2.75, 3.05) is 10.6 Å². The lowest BCUT2D eigenvalue weighted by Gasteiger charge is -2.28. The SMILES string of the molecule is CCCC1CCC(NC(=O)C(=O)Nc2cccc(NC(C)=O)c2C)CC1. The Balaban J connectivity index is 1.90. The maximum absolute atomic E-state index is 12.2. The number of anilines is 2. The Hall–Kier alpha value is -2.37. The molecule has 0 saturated heterocycles. The van der Waals surface area contributed by atoms with Crippen LogP contribution < -0.4 is 16.0 Å². The van der Waals surface area contributed by atoms with Gasteiger partial charge >= 0.3 is 11.8 Å². The molecule has 1 aliphatic rings. The van der Waals surface area contributed by atoms with E-state index in [4.69, 9.17) is 0 Å². The van der Waals surface area contributed by atoms with Crippen LogP contribution >= 0.6 is 0 Å². The molecule has 1 aromatic carbocycles. The zero-order valence-corrected chi connectivity index (χ0v) is 15.9. The third-order valence-electron chi connectivity index (χ3n) is 4.98. The lowest BCUT2D eigenvalue weighted by atomic mass is 9.83. The van der Waals surface area contributed by atoms with Crippen molar-refractivity contribution in [1.82, 2.24) is 5.32 Å². The number of carbonyl (C=O) groups excluding carboxylic acids is 3. The van der Waals surface area contributed by atoms with Crippen molar-refractivity contribution >= 4 is 29.1 Å². The number of hydrogen-bond donors (Lipinski definition) is 3. The standard InChI is InChI=1S/C20H29N3O3/c1-4-6-15-9-11-16(12-10-15)22-19(25)20(26)23-18-8-5-7-17(13(18)2)21-14(3)24/h5,7-8,15-16H,4,6,9-12H2,1-3H3,(H,21,24)(H,22,25)(H,23,26). The zero-order valence-electron chi connectivity index (χ0n) is 15.9. The first-order valence-electron chi connectivity index (χ1n) is 9.39. The van der Waals surface area contributed by atoms with Gasteiger partial charge in [0, 0.05) is 24.3 Å². The lowest BCUT2D eigenvalue weighted by Crippen LogP contribution is -2.43. The third kappa shape index (κ3) is 5.58. The van der Waals surface area contributed by atoms with Crippen molar-refractivity contribution in [2.45, 2.75) is 65.3 Å². The van der Waals surface area contributed by atoms with Gasteiger partial charge in [-0.2, -0.15) is 0 Å². The summed E-state index contributed by atoms with van der Waals surface area (Å²) in [6.07, 6.45) is 6.52. The molecule has 0 spiro atoms. The molecule has 1 aliphatic carbocycles. The lowest BCUT2D eigenvalue weighted by molar-refractivity contribution is -0.136. The van der Waals surface area contributed by atoms with Crippen LogP contribution in [-0.2, 0) is 14.4 Å². The van der Waals surface area contributed by atoms with Gasteiger partial charge in [0.15, 0.2) is 0 Å². The van der Waals surface area contributed by atoms with Crippen molar-refractivity contribution in [2.24, 2.45) is 5.92 Å². The van der Waals surface area contributed by atoms with Gasteiger partial charge in [-0.15, -0.1) is 0 Å². The number of nitrogens with one attached hydrogen (secondary N) is 3. The molecule has 6 nitrogen and oxygen atoms in total. The summed E-state index contributed by atoms with van der Waals surface area (Å²) >= 11 is 0. The average molecular weight is 359 g/mol. The monoisotopic (exact) mass is 359 g/mol. The van der Waals surface area contributed by atoms with E-state index in [1.807, 2.05) is 0 Å². The Morgan fingerprint density at radius 3 is 2.19 bits per heavy atom. The largest absolute Gasteiger partial charge is 0.345 e. The zero-order chi connectivity index (χ0) is 19.1. The second-order valence-corrected chi connectivity index (χ2v) is 7.09. The molecule has 0 unspecified atom stereocenters. The molecule has 0 atom stereocenters. The second kappa shape index (κ2) is 9.36. The predicted molar refractivity (Wildman–Crippen MR) is 103 cm³/mol. The number of hydrogen-bond acceptors (Lipinski definition) is 3. The van der Waals surface area contributed by atoms with Crippen molar-refractivity contribution in [3.05, 3.63) is 23.8 Å². The Morgan fingerprint density at radius 2 is 1.62 bits per heavy atom. The van der Waals surface area contributed by atoms with Gasteiger partial charge in [0.1, 0.15) is 0 Å². The maximum Gasteiger partial charge on any atom is 0.313 e. The van der Waals surface area contributed by atoms with Crippen LogP contribution in [0.5, 0.6) is 0 Å². The van der Waals surface area contributed by atoms with Crippen LogP contribution in [0.15, 0.2) is 18.2 Å². The molecule has 3 N–H and O–H groups in total. The Bertz CT molecular complexity index is 664. The van der Waals surface area contributed by atoms with Crippen molar-refractivity contribution < 1.29 is 14.4 Å². The minimum Gasteiger partial charge on any atom is -0.345 e. The smallest absolute Gasteiger partial charge is 0.313 e. The van der Waals surface area contributed by atoms with Crippen LogP contribution in [-0.4, -0.2) is 23.8 Å². The highest BCUT2D eigenvalue weighted by Gasteiger charge is 2.24. The van der Waals surface area contributed by atoms with Crippen LogP contribution in [0.3, 0.4) is 0 Å². The van der Waals surface area contributed by atoms with E-state index in [2.05, 4.69) is 22.9 Å². The molecular formula is C20H29N3O3. The fourth-order valence-corrected chi connectivity index (χ4v) is 3.53. The molecular weight excluding hydrogens is 330 g/mol. The van der Waals surface area contributed by atoms with Crippen molar-refractivity contribution in [3.63, 3.8) is 0 Å². The van der Waals surface area contributed by atoms with Gasteiger partial charge in [-0.05, 0) is 56.2 Å². The number of carbonyl (C=O) groups is 3. The van der Waals surface area contributed by atoms with E-state index in [1.54, 1.807) is 25.1 Å². The summed E-state index contributed by atoms with van der Waals surface area (Å²) in [7, 11) is 0. The molecule has 3 amide bonds. The summed E-state index contributed by atoms with van der Waals surface area (Å²) in [5.41, 5.74) is 1.84. The molecule has 1 saturated carbocycles. The summed E-state index contributed by atoms with van der Waals surface area (Å²) < 4.78 is 0. The highest BCUT2D eigenvalue weighted by Crippen LogP contribution is 2.28. The molecule has 0 radical (unpaired) electrons.